The number of carbonyl (C=O) groups excluding carboxylic acids is 1. The van der Waals surface area contributed by atoms with Crippen molar-refractivity contribution in [2.24, 2.45) is 0 Å². The highest BCUT2D eigenvalue weighted by atomic mass is 16.5. The highest BCUT2D eigenvalue weighted by Crippen LogP contribution is 2.16. The van der Waals surface area contributed by atoms with Crippen molar-refractivity contribution >= 4 is 11.6 Å². The van der Waals surface area contributed by atoms with Crippen molar-refractivity contribution < 1.29 is 9.53 Å². The van der Waals surface area contributed by atoms with Crippen LogP contribution in [0.15, 0.2) is 48.5 Å². The molecule has 5 nitrogen and oxygen atoms in total. The fraction of sp³-hybridized carbons (Fsp3) is 0.381. The molecule has 2 aromatic carbocycles. The summed E-state index contributed by atoms with van der Waals surface area (Å²) in [7, 11) is 1.64. The van der Waals surface area contributed by atoms with Gasteiger partial charge in [0.05, 0.1) is 7.11 Å². The first-order valence-corrected chi connectivity index (χ1v) is 9.23. The number of rotatable bonds is 5. The maximum atomic E-state index is 12.3. The first kappa shape index (κ1) is 19.8. The lowest BCUT2D eigenvalue weighted by Gasteiger charge is -2.29. The minimum absolute atomic E-state index is 0.0577. The summed E-state index contributed by atoms with van der Waals surface area (Å²) in [5, 5.41) is 6.29. The average molecular weight is 355 g/mol. The van der Waals surface area contributed by atoms with Crippen molar-refractivity contribution in [2.45, 2.75) is 20.4 Å². The molecule has 3 rings (SSSR count). The van der Waals surface area contributed by atoms with Crippen molar-refractivity contribution in [3.05, 3.63) is 59.7 Å². The first-order chi connectivity index (χ1) is 12.8. The number of hydrogen-bond donors (Lipinski definition) is 2. The Labute approximate surface area is 156 Å². The molecule has 0 spiro atoms. The molecule has 0 atom stereocenters. The van der Waals surface area contributed by atoms with E-state index in [1.54, 1.807) is 7.11 Å². The summed E-state index contributed by atoms with van der Waals surface area (Å²) in [6, 6.07) is 15.5. The number of piperazine rings is 1. The number of nitrogens with one attached hydrogen (secondary N) is 2. The molecule has 1 heterocycles. The molecule has 1 aliphatic rings. The highest BCUT2D eigenvalue weighted by molar-refractivity contribution is 5.94. The minimum Gasteiger partial charge on any atom is -0.497 e. The number of ether oxygens (including phenoxy) is 1. The smallest absolute Gasteiger partial charge is 0.251 e. The van der Waals surface area contributed by atoms with Gasteiger partial charge < -0.3 is 20.3 Å². The third kappa shape index (κ3) is 5.49. The second-order valence-corrected chi connectivity index (χ2v) is 5.81. The minimum atomic E-state index is -0.0577. The molecule has 26 heavy (non-hydrogen) atoms. The Morgan fingerprint density at radius 2 is 1.65 bits per heavy atom. The molecule has 1 aliphatic heterocycles. The Balaban J connectivity index is 0.00000117. The Morgan fingerprint density at radius 1 is 1.04 bits per heavy atom. The van der Waals surface area contributed by atoms with E-state index in [1.807, 2.05) is 62.4 Å². The van der Waals surface area contributed by atoms with Crippen LogP contribution in [0.1, 0.15) is 29.8 Å². The highest BCUT2D eigenvalue weighted by Gasteiger charge is 2.11. The van der Waals surface area contributed by atoms with Crippen LogP contribution in [0.4, 0.5) is 5.69 Å². The van der Waals surface area contributed by atoms with Gasteiger partial charge in [-0.3, -0.25) is 4.79 Å². The van der Waals surface area contributed by atoms with Crippen LogP contribution in [0.5, 0.6) is 5.75 Å². The topological polar surface area (TPSA) is 53.6 Å². The van der Waals surface area contributed by atoms with Crippen molar-refractivity contribution in [1.82, 2.24) is 10.6 Å². The molecule has 140 valence electrons. The summed E-state index contributed by atoms with van der Waals surface area (Å²) in [5.41, 5.74) is 2.90. The molecular formula is C21H29N3O2. The number of anilines is 1. The van der Waals surface area contributed by atoms with Crippen LogP contribution in [0.3, 0.4) is 0 Å². The molecular weight excluding hydrogens is 326 g/mol. The molecule has 5 heteroatoms. The van der Waals surface area contributed by atoms with Crippen molar-refractivity contribution in [3.63, 3.8) is 0 Å². The van der Waals surface area contributed by atoms with Crippen molar-refractivity contribution in [1.29, 1.82) is 0 Å². The second-order valence-electron chi connectivity index (χ2n) is 5.81. The standard InChI is InChI=1S/C19H23N3O2.C2H6/c1-24-18-8-2-15(3-9-18)14-21-19(23)16-4-6-17(7-5-16)22-12-10-20-11-13-22;1-2/h2-9,20H,10-14H2,1H3,(H,21,23);1-2H3. The zero-order chi connectivity index (χ0) is 18.8. The molecule has 0 aromatic heterocycles. The van der Waals surface area contributed by atoms with Crippen molar-refractivity contribution in [2.75, 3.05) is 38.2 Å². The van der Waals surface area contributed by atoms with Crippen LogP contribution in [-0.2, 0) is 6.54 Å². The summed E-state index contributed by atoms with van der Waals surface area (Å²) >= 11 is 0. The van der Waals surface area contributed by atoms with E-state index in [0.29, 0.717) is 12.1 Å². The number of methoxy groups -OCH3 is 1. The van der Waals surface area contributed by atoms with Crippen molar-refractivity contribution in [3.8, 4) is 5.75 Å². The summed E-state index contributed by atoms with van der Waals surface area (Å²) in [6.07, 6.45) is 0. The van der Waals surface area contributed by atoms with Gasteiger partial charge in [-0.25, -0.2) is 0 Å². The molecule has 2 aromatic rings. The maximum Gasteiger partial charge on any atom is 0.251 e. The van der Waals surface area contributed by atoms with Gasteiger partial charge in [0.25, 0.3) is 5.91 Å². The predicted molar refractivity (Wildman–Crippen MR) is 107 cm³/mol. The fourth-order valence-electron chi connectivity index (χ4n) is 2.77. The molecule has 1 amide bonds. The lowest BCUT2D eigenvalue weighted by Crippen LogP contribution is -2.43. The molecule has 0 radical (unpaired) electrons. The summed E-state index contributed by atoms with van der Waals surface area (Å²) in [6.45, 7) is 8.52. The second kappa shape index (κ2) is 10.5. The van der Waals surface area contributed by atoms with E-state index in [4.69, 9.17) is 4.74 Å². The Kier molecular flexibility index (Phi) is 7.96. The van der Waals surface area contributed by atoms with E-state index >= 15 is 0 Å². The fourth-order valence-corrected chi connectivity index (χ4v) is 2.77. The van der Waals surface area contributed by atoms with E-state index < -0.39 is 0 Å². The van der Waals surface area contributed by atoms with Crippen LogP contribution in [-0.4, -0.2) is 39.2 Å². The number of benzene rings is 2. The third-order valence-corrected chi connectivity index (χ3v) is 4.22. The van der Waals surface area contributed by atoms with Crippen LogP contribution < -0.4 is 20.3 Å². The zero-order valence-corrected chi connectivity index (χ0v) is 15.9. The van der Waals surface area contributed by atoms with Crippen LogP contribution in [0.25, 0.3) is 0 Å². The van der Waals surface area contributed by atoms with Gasteiger partial charge in [-0.15, -0.1) is 0 Å². The van der Waals surface area contributed by atoms with Gasteiger partial charge in [0.1, 0.15) is 5.75 Å². The molecule has 1 saturated heterocycles. The van der Waals surface area contributed by atoms with Crippen LogP contribution in [0.2, 0.25) is 0 Å². The van der Waals surface area contributed by atoms with Crippen LogP contribution >= 0.6 is 0 Å². The van der Waals surface area contributed by atoms with E-state index in [1.165, 1.54) is 5.69 Å². The van der Waals surface area contributed by atoms with Gasteiger partial charge >= 0.3 is 0 Å². The summed E-state index contributed by atoms with van der Waals surface area (Å²) in [4.78, 5) is 14.6. The molecule has 2 N–H and O–H groups in total. The van der Waals surface area contributed by atoms with Gasteiger partial charge in [0, 0.05) is 44.0 Å². The third-order valence-electron chi connectivity index (χ3n) is 4.22. The van der Waals surface area contributed by atoms with E-state index in [0.717, 1.165) is 37.5 Å². The Hall–Kier alpha value is -2.53. The number of hydrogen-bond acceptors (Lipinski definition) is 4. The van der Waals surface area contributed by atoms with E-state index in [-0.39, 0.29) is 5.91 Å². The summed E-state index contributed by atoms with van der Waals surface area (Å²) in [5.74, 6) is 0.756. The molecule has 0 aliphatic carbocycles. The maximum absolute atomic E-state index is 12.3. The molecule has 1 fully saturated rings. The lowest BCUT2D eigenvalue weighted by molar-refractivity contribution is 0.0951. The lowest BCUT2D eigenvalue weighted by atomic mass is 10.1. The molecule has 0 saturated carbocycles. The van der Waals surface area contributed by atoms with Gasteiger partial charge in [-0.05, 0) is 42.0 Å². The largest absolute Gasteiger partial charge is 0.497 e. The predicted octanol–water partition coefficient (Wildman–Crippen LogP) is 3.06. The number of carbonyl (C=O) groups is 1. The normalized spacial score (nSPS) is 13.4. The van der Waals surface area contributed by atoms with Gasteiger partial charge in [-0.1, -0.05) is 26.0 Å². The van der Waals surface area contributed by atoms with E-state index in [9.17, 15) is 4.79 Å². The number of nitrogens with zero attached hydrogens (tertiary/aromatic N) is 1. The monoisotopic (exact) mass is 355 g/mol. The Bertz CT molecular complexity index is 663. The van der Waals surface area contributed by atoms with Crippen LogP contribution in [0, 0.1) is 0 Å². The van der Waals surface area contributed by atoms with Gasteiger partial charge in [0.2, 0.25) is 0 Å². The number of amides is 1. The zero-order valence-electron chi connectivity index (χ0n) is 15.9. The van der Waals surface area contributed by atoms with Gasteiger partial charge in [0.15, 0.2) is 0 Å². The summed E-state index contributed by atoms with van der Waals surface area (Å²) < 4.78 is 5.13. The SMILES string of the molecule is CC.COc1ccc(CNC(=O)c2ccc(N3CCNCC3)cc2)cc1. The average Bonchev–Trinajstić information content (AvgIpc) is 2.74. The van der Waals surface area contributed by atoms with Gasteiger partial charge in [-0.2, -0.15) is 0 Å². The van der Waals surface area contributed by atoms with E-state index in [2.05, 4.69) is 15.5 Å². The Morgan fingerprint density at radius 3 is 2.23 bits per heavy atom. The molecule has 0 unspecified atom stereocenters. The first-order valence-electron chi connectivity index (χ1n) is 9.23. The molecule has 0 bridgehead atoms. The quantitative estimate of drug-likeness (QED) is 0.866.